The Kier molecular flexibility index (Phi) is 7.21. The summed E-state index contributed by atoms with van der Waals surface area (Å²) in [5.41, 5.74) is 1.74. The molecular formula is C27H34N2O4. The lowest BCUT2D eigenvalue weighted by atomic mass is 9.84. The van der Waals surface area contributed by atoms with Gasteiger partial charge in [-0.25, -0.2) is 0 Å². The van der Waals surface area contributed by atoms with Gasteiger partial charge in [-0.15, -0.1) is 0 Å². The normalized spacial score (nSPS) is 21.9. The number of carbonyl (C=O) groups is 2. The molecule has 2 amide bonds. The molecule has 3 atom stereocenters. The number of methoxy groups -OCH3 is 2. The third-order valence-corrected chi connectivity index (χ3v) is 7.19. The fraction of sp³-hybridized carbons (Fsp3) is 0.481. The minimum Gasteiger partial charge on any atom is -0.493 e. The van der Waals surface area contributed by atoms with Crippen molar-refractivity contribution in [3.63, 3.8) is 0 Å². The minimum atomic E-state index is -0.388. The van der Waals surface area contributed by atoms with E-state index in [1.165, 1.54) is 6.42 Å². The van der Waals surface area contributed by atoms with Crippen LogP contribution in [0.2, 0.25) is 0 Å². The lowest BCUT2D eigenvalue weighted by molar-refractivity contribution is -0.134. The Morgan fingerprint density at radius 2 is 1.73 bits per heavy atom. The van der Waals surface area contributed by atoms with Crippen LogP contribution in [0.4, 0.5) is 0 Å². The molecule has 0 aromatic heterocycles. The number of rotatable bonds is 7. The van der Waals surface area contributed by atoms with Gasteiger partial charge in [0, 0.05) is 25.2 Å². The van der Waals surface area contributed by atoms with E-state index < -0.39 is 0 Å². The second-order valence-electron chi connectivity index (χ2n) is 9.14. The monoisotopic (exact) mass is 450 g/mol. The zero-order valence-corrected chi connectivity index (χ0v) is 19.8. The molecule has 176 valence electrons. The number of likely N-dealkylation sites (N-methyl/N-ethyl adjacent to an activating group) is 1. The van der Waals surface area contributed by atoms with E-state index in [4.69, 9.17) is 9.47 Å². The molecule has 2 aliphatic rings. The number of hydrogen-bond acceptors (Lipinski definition) is 4. The number of likely N-dealkylation sites (tertiary alicyclic amines) is 1. The molecule has 33 heavy (non-hydrogen) atoms. The van der Waals surface area contributed by atoms with Gasteiger partial charge in [-0.3, -0.25) is 9.59 Å². The molecule has 2 aromatic carbocycles. The van der Waals surface area contributed by atoms with Crippen molar-refractivity contribution in [2.24, 2.45) is 5.92 Å². The van der Waals surface area contributed by atoms with E-state index in [2.05, 4.69) is 0 Å². The van der Waals surface area contributed by atoms with Crippen LogP contribution in [-0.2, 0) is 11.2 Å². The lowest BCUT2D eigenvalue weighted by Gasteiger charge is -2.34. The van der Waals surface area contributed by atoms with Crippen LogP contribution >= 0.6 is 0 Å². The number of ether oxygens (including phenoxy) is 2. The molecule has 0 spiro atoms. The largest absolute Gasteiger partial charge is 0.493 e. The lowest BCUT2D eigenvalue weighted by Crippen LogP contribution is -2.50. The summed E-state index contributed by atoms with van der Waals surface area (Å²) in [6.07, 6.45) is 5.86. The summed E-state index contributed by atoms with van der Waals surface area (Å²) in [5, 5.41) is 0. The molecule has 2 fully saturated rings. The Hall–Kier alpha value is -3.02. The first kappa shape index (κ1) is 23.1. The van der Waals surface area contributed by atoms with E-state index in [9.17, 15) is 9.59 Å². The molecule has 0 radical (unpaired) electrons. The second kappa shape index (κ2) is 10.3. The molecular weight excluding hydrogens is 416 g/mol. The Bertz CT molecular complexity index is 977. The van der Waals surface area contributed by atoms with Crippen molar-refractivity contribution in [3.8, 4) is 11.5 Å². The van der Waals surface area contributed by atoms with Crippen LogP contribution in [-0.4, -0.2) is 61.5 Å². The number of benzene rings is 2. The minimum absolute atomic E-state index is 0.0170. The molecule has 1 aliphatic carbocycles. The number of carbonyl (C=O) groups excluding carboxylic acids is 2. The van der Waals surface area contributed by atoms with Crippen molar-refractivity contribution in [2.45, 2.75) is 50.6 Å². The Balaban J connectivity index is 1.48. The summed E-state index contributed by atoms with van der Waals surface area (Å²) >= 11 is 0. The number of hydrogen-bond donors (Lipinski definition) is 0. The molecule has 3 unspecified atom stereocenters. The van der Waals surface area contributed by atoms with E-state index in [1.807, 2.05) is 60.5 Å². The third kappa shape index (κ3) is 4.85. The van der Waals surface area contributed by atoms with Crippen LogP contribution in [0.25, 0.3) is 0 Å². The van der Waals surface area contributed by atoms with E-state index in [0.717, 1.165) is 31.2 Å². The first-order valence-corrected chi connectivity index (χ1v) is 11.9. The van der Waals surface area contributed by atoms with Gasteiger partial charge in [-0.1, -0.05) is 37.1 Å². The standard InChI is InChI=1S/C27H34N2O4/c1-28(16-15-19-13-14-24(32-2)25(17-19)33-3)27(31)23-18-21-11-7-8-12-22(21)29(23)26(30)20-9-5-4-6-10-20/h4-6,9-10,13-14,17,21-23H,7-8,11-12,15-16,18H2,1-3H3. The summed E-state index contributed by atoms with van der Waals surface area (Å²) in [7, 11) is 5.08. The van der Waals surface area contributed by atoms with Gasteiger partial charge in [-0.2, -0.15) is 0 Å². The van der Waals surface area contributed by atoms with Gasteiger partial charge in [0.2, 0.25) is 5.91 Å². The third-order valence-electron chi connectivity index (χ3n) is 7.19. The van der Waals surface area contributed by atoms with Crippen molar-refractivity contribution in [3.05, 3.63) is 59.7 Å². The van der Waals surface area contributed by atoms with Gasteiger partial charge in [0.25, 0.3) is 5.91 Å². The molecule has 1 saturated carbocycles. The molecule has 6 nitrogen and oxygen atoms in total. The van der Waals surface area contributed by atoms with Gasteiger partial charge in [0.15, 0.2) is 11.5 Å². The number of nitrogens with zero attached hydrogens (tertiary/aromatic N) is 2. The average molecular weight is 451 g/mol. The van der Waals surface area contributed by atoms with Crippen LogP contribution in [0.3, 0.4) is 0 Å². The molecule has 1 aliphatic heterocycles. The summed E-state index contributed by atoms with van der Waals surface area (Å²) in [6, 6.07) is 15.0. The predicted molar refractivity (Wildman–Crippen MR) is 128 cm³/mol. The van der Waals surface area contributed by atoms with Crippen LogP contribution in [0.15, 0.2) is 48.5 Å². The molecule has 1 heterocycles. The zero-order chi connectivity index (χ0) is 23.4. The van der Waals surface area contributed by atoms with Gasteiger partial charge >= 0.3 is 0 Å². The quantitative estimate of drug-likeness (QED) is 0.635. The van der Waals surface area contributed by atoms with Crippen molar-refractivity contribution in [1.29, 1.82) is 0 Å². The summed E-state index contributed by atoms with van der Waals surface area (Å²) in [6.45, 7) is 0.577. The van der Waals surface area contributed by atoms with Gasteiger partial charge in [0.05, 0.1) is 14.2 Å². The molecule has 2 aromatic rings. The smallest absolute Gasteiger partial charge is 0.254 e. The first-order chi connectivity index (χ1) is 16.0. The summed E-state index contributed by atoms with van der Waals surface area (Å²) < 4.78 is 10.7. The first-order valence-electron chi connectivity index (χ1n) is 11.9. The molecule has 6 heteroatoms. The van der Waals surface area contributed by atoms with E-state index in [1.54, 1.807) is 19.1 Å². The highest BCUT2D eigenvalue weighted by atomic mass is 16.5. The summed E-state index contributed by atoms with van der Waals surface area (Å²) in [5.74, 6) is 1.81. The molecule has 0 N–H and O–H groups in total. The molecule has 1 saturated heterocycles. The maximum absolute atomic E-state index is 13.6. The van der Waals surface area contributed by atoms with E-state index in [-0.39, 0.29) is 23.9 Å². The second-order valence-corrected chi connectivity index (χ2v) is 9.14. The SMILES string of the molecule is COc1ccc(CCN(C)C(=O)C2CC3CCCCC3N2C(=O)c2ccccc2)cc1OC. The van der Waals surface area contributed by atoms with Gasteiger partial charge in [-0.05, 0) is 61.4 Å². The molecule has 0 bridgehead atoms. The van der Waals surface area contributed by atoms with E-state index in [0.29, 0.717) is 35.9 Å². The molecule has 4 rings (SSSR count). The fourth-order valence-electron chi connectivity index (χ4n) is 5.40. The highest BCUT2D eigenvalue weighted by molar-refractivity contribution is 5.98. The highest BCUT2D eigenvalue weighted by Crippen LogP contribution is 2.41. The van der Waals surface area contributed by atoms with Crippen molar-refractivity contribution >= 4 is 11.8 Å². The average Bonchev–Trinajstić information content (AvgIpc) is 3.26. The van der Waals surface area contributed by atoms with E-state index >= 15 is 0 Å². The zero-order valence-electron chi connectivity index (χ0n) is 19.8. The Morgan fingerprint density at radius 1 is 1.00 bits per heavy atom. The Morgan fingerprint density at radius 3 is 2.45 bits per heavy atom. The van der Waals surface area contributed by atoms with Crippen LogP contribution in [0, 0.1) is 5.92 Å². The van der Waals surface area contributed by atoms with Gasteiger partial charge in [0.1, 0.15) is 6.04 Å². The van der Waals surface area contributed by atoms with Gasteiger partial charge < -0.3 is 19.3 Å². The van der Waals surface area contributed by atoms with Crippen LogP contribution in [0.5, 0.6) is 11.5 Å². The van der Waals surface area contributed by atoms with Crippen LogP contribution in [0.1, 0.15) is 48.0 Å². The topological polar surface area (TPSA) is 59.1 Å². The highest BCUT2D eigenvalue weighted by Gasteiger charge is 2.48. The van der Waals surface area contributed by atoms with Crippen molar-refractivity contribution < 1.29 is 19.1 Å². The predicted octanol–water partition coefficient (Wildman–Crippen LogP) is 4.18. The maximum Gasteiger partial charge on any atom is 0.254 e. The summed E-state index contributed by atoms with van der Waals surface area (Å²) in [4.78, 5) is 30.7. The van der Waals surface area contributed by atoms with Crippen molar-refractivity contribution in [1.82, 2.24) is 9.80 Å². The number of fused-ring (bicyclic) bond motifs is 1. The number of amides is 2. The van der Waals surface area contributed by atoms with Crippen LogP contribution < -0.4 is 9.47 Å². The Labute approximate surface area is 196 Å². The van der Waals surface area contributed by atoms with Crippen molar-refractivity contribution in [2.75, 3.05) is 27.8 Å². The maximum atomic E-state index is 13.6. The fourth-order valence-corrected chi connectivity index (χ4v) is 5.40.